The van der Waals surface area contributed by atoms with Crippen LogP contribution in [-0.2, 0) is 10.2 Å². The van der Waals surface area contributed by atoms with Crippen LogP contribution in [0.25, 0.3) is 0 Å². The van der Waals surface area contributed by atoms with Crippen LogP contribution in [0.15, 0.2) is 48.5 Å². The summed E-state index contributed by atoms with van der Waals surface area (Å²) in [5.41, 5.74) is 1.66. The summed E-state index contributed by atoms with van der Waals surface area (Å²) in [5, 5.41) is 2.93. The summed E-state index contributed by atoms with van der Waals surface area (Å²) in [7, 11) is 0. The Morgan fingerprint density at radius 1 is 1.11 bits per heavy atom. The van der Waals surface area contributed by atoms with Gasteiger partial charge in [0, 0.05) is 5.69 Å². The molecule has 0 unspecified atom stereocenters. The van der Waals surface area contributed by atoms with Gasteiger partial charge in [-0.3, -0.25) is 4.79 Å². The number of carbonyl (C=O) groups excluding carboxylic acids is 1. The molecule has 19 heavy (non-hydrogen) atoms. The normalized spacial score (nSPS) is 15.8. The Morgan fingerprint density at radius 3 is 2.47 bits per heavy atom. The number of pyridine rings is 1. The molecular formula is C16H16N2O. The Labute approximate surface area is 112 Å². The number of hydrogen-bond acceptors (Lipinski definition) is 2. The van der Waals surface area contributed by atoms with E-state index in [1.165, 1.54) is 0 Å². The largest absolute Gasteiger partial charge is 0.310 e. The Balaban J connectivity index is 1.82. The summed E-state index contributed by atoms with van der Waals surface area (Å²) in [5.74, 6) is 0.684. The molecule has 0 bridgehead atoms. The van der Waals surface area contributed by atoms with Gasteiger partial charge in [-0.15, -0.1) is 0 Å². The SMILES string of the molecule is Cc1cccc(NC(=O)C2(c3ccccc3)CC2)n1. The molecule has 0 aliphatic heterocycles. The molecule has 3 heteroatoms. The second kappa shape index (κ2) is 4.50. The molecule has 96 valence electrons. The highest BCUT2D eigenvalue weighted by molar-refractivity contribution is 6.00. The van der Waals surface area contributed by atoms with Crippen LogP contribution < -0.4 is 5.32 Å². The first-order chi connectivity index (χ1) is 9.21. The van der Waals surface area contributed by atoms with Crippen molar-refractivity contribution in [1.82, 2.24) is 4.98 Å². The van der Waals surface area contributed by atoms with Crippen molar-refractivity contribution in [3.63, 3.8) is 0 Å². The molecule has 1 aliphatic carbocycles. The third-order valence-corrected chi connectivity index (χ3v) is 3.64. The zero-order valence-corrected chi connectivity index (χ0v) is 10.9. The van der Waals surface area contributed by atoms with Crippen LogP contribution in [0.5, 0.6) is 0 Å². The molecule has 0 spiro atoms. The van der Waals surface area contributed by atoms with Crippen LogP contribution in [0.3, 0.4) is 0 Å². The molecule has 2 aromatic rings. The second-order valence-electron chi connectivity index (χ2n) is 5.07. The zero-order valence-electron chi connectivity index (χ0n) is 10.9. The Morgan fingerprint density at radius 2 is 1.84 bits per heavy atom. The number of nitrogens with one attached hydrogen (secondary N) is 1. The molecule has 0 radical (unpaired) electrons. The predicted molar refractivity (Wildman–Crippen MR) is 75.0 cm³/mol. The number of aromatic nitrogens is 1. The fraction of sp³-hybridized carbons (Fsp3) is 0.250. The molecular weight excluding hydrogens is 236 g/mol. The van der Waals surface area contributed by atoms with E-state index in [1.54, 1.807) is 0 Å². The molecule has 3 rings (SSSR count). The number of benzene rings is 1. The van der Waals surface area contributed by atoms with Gasteiger partial charge in [0.05, 0.1) is 5.41 Å². The minimum Gasteiger partial charge on any atom is -0.310 e. The molecule has 3 nitrogen and oxygen atoms in total. The van der Waals surface area contributed by atoms with Gasteiger partial charge in [-0.2, -0.15) is 0 Å². The van der Waals surface area contributed by atoms with E-state index in [2.05, 4.69) is 10.3 Å². The summed E-state index contributed by atoms with van der Waals surface area (Å²) >= 11 is 0. The van der Waals surface area contributed by atoms with Crippen LogP contribution in [0, 0.1) is 6.92 Å². The Kier molecular flexibility index (Phi) is 2.82. The van der Waals surface area contributed by atoms with Crippen molar-refractivity contribution in [3.05, 3.63) is 59.8 Å². The molecule has 1 N–H and O–H groups in total. The van der Waals surface area contributed by atoms with Crippen molar-refractivity contribution in [1.29, 1.82) is 0 Å². The summed E-state index contributed by atoms with van der Waals surface area (Å²) in [6.07, 6.45) is 1.82. The van der Waals surface area contributed by atoms with E-state index in [1.807, 2.05) is 55.5 Å². The van der Waals surface area contributed by atoms with Crippen molar-refractivity contribution in [2.24, 2.45) is 0 Å². The number of nitrogens with zero attached hydrogens (tertiary/aromatic N) is 1. The molecule has 1 amide bonds. The van der Waals surface area contributed by atoms with E-state index in [0.717, 1.165) is 24.1 Å². The van der Waals surface area contributed by atoms with Crippen molar-refractivity contribution in [2.45, 2.75) is 25.2 Å². The summed E-state index contributed by atoms with van der Waals surface area (Å²) in [4.78, 5) is 16.8. The lowest BCUT2D eigenvalue weighted by Crippen LogP contribution is -2.28. The Bertz CT molecular complexity index is 603. The average Bonchev–Trinajstić information content (AvgIpc) is 3.21. The second-order valence-corrected chi connectivity index (χ2v) is 5.07. The lowest BCUT2D eigenvalue weighted by atomic mass is 9.95. The van der Waals surface area contributed by atoms with Crippen molar-refractivity contribution < 1.29 is 4.79 Å². The van der Waals surface area contributed by atoms with Gasteiger partial charge in [-0.25, -0.2) is 4.98 Å². The van der Waals surface area contributed by atoms with Gasteiger partial charge in [0.25, 0.3) is 0 Å². The molecule has 1 aliphatic rings. The Hall–Kier alpha value is -2.16. The van der Waals surface area contributed by atoms with Crippen LogP contribution in [-0.4, -0.2) is 10.9 Å². The van der Waals surface area contributed by atoms with E-state index < -0.39 is 0 Å². The van der Waals surface area contributed by atoms with Crippen LogP contribution >= 0.6 is 0 Å². The first-order valence-electron chi connectivity index (χ1n) is 6.51. The number of hydrogen-bond donors (Lipinski definition) is 1. The number of rotatable bonds is 3. The van der Waals surface area contributed by atoms with Crippen LogP contribution in [0.1, 0.15) is 24.1 Å². The van der Waals surface area contributed by atoms with E-state index in [-0.39, 0.29) is 11.3 Å². The van der Waals surface area contributed by atoms with Gasteiger partial charge in [0.15, 0.2) is 0 Å². The molecule has 0 saturated heterocycles. The van der Waals surface area contributed by atoms with Gasteiger partial charge in [-0.05, 0) is 37.5 Å². The van der Waals surface area contributed by atoms with Crippen LogP contribution in [0.4, 0.5) is 5.82 Å². The summed E-state index contributed by atoms with van der Waals surface area (Å²) in [6.45, 7) is 1.92. The minimum atomic E-state index is -0.341. The first kappa shape index (κ1) is 11.9. The highest BCUT2D eigenvalue weighted by Gasteiger charge is 2.51. The highest BCUT2D eigenvalue weighted by atomic mass is 16.2. The quantitative estimate of drug-likeness (QED) is 0.912. The van der Waals surface area contributed by atoms with E-state index in [4.69, 9.17) is 0 Å². The minimum absolute atomic E-state index is 0.0526. The average molecular weight is 252 g/mol. The smallest absolute Gasteiger partial charge is 0.236 e. The molecule has 1 aromatic heterocycles. The zero-order chi connectivity index (χ0) is 13.3. The van der Waals surface area contributed by atoms with Gasteiger partial charge < -0.3 is 5.32 Å². The van der Waals surface area contributed by atoms with Crippen molar-refractivity contribution in [3.8, 4) is 0 Å². The summed E-state index contributed by atoms with van der Waals surface area (Å²) in [6, 6.07) is 15.6. The highest BCUT2D eigenvalue weighted by Crippen LogP contribution is 2.48. The van der Waals surface area contributed by atoms with Crippen molar-refractivity contribution in [2.75, 3.05) is 5.32 Å². The lowest BCUT2D eigenvalue weighted by Gasteiger charge is -2.15. The van der Waals surface area contributed by atoms with Gasteiger partial charge in [0.2, 0.25) is 5.91 Å². The first-order valence-corrected chi connectivity index (χ1v) is 6.51. The number of carbonyl (C=O) groups is 1. The number of amides is 1. The van der Waals surface area contributed by atoms with E-state index >= 15 is 0 Å². The van der Waals surface area contributed by atoms with E-state index in [9.17, 15) is 4.79 Å². The molecule has 1 heterocycles. The van der Waals surface area contributed by atoms with Crippen molar-refractivity contribution >= 4 is 11.7 Å². The predicted octanol–water partition coefficient (Wildman–Crippen LogP) is 3.06. The monoisotopic (exact) mass is 252 g/mol. The maximum Gasteiger partial charge on any atom is 0.236 e. The fourth-order valence-electron chi connectivity index (χ4n) is 2.38. The summed E-state index contributed by atoms with van der Waals surface area (Å²) < 4.78 is 0. The molecule has 0 atom stereocenters. The van der Waals surface area contributed by atoms with Gasteiger partial charge >= 0.3 is 0 Å². The van der Waals surface area contributed by atoms with Crippen LogP contribution in [0.2, 0.25) is 0 Å². The maximum atomic E-state index is 12.5. The third-order valence-electron chi connectivity index (χ3n) is 3.64. The van der Waals surface area contributed by atoms with Gasteiger partial charge in [-0.1, -0.05) is 36.4 Å². The molecule has 1 aromatic carbocycles. The topological polar surface area (TPSA) is 42.0 Å². The molecule has 1 saturated carbocycles. The fourth-order valence-corrected chi connectivity index (χ4v) is 2.38. The third kappa shape index (κ3) is 2.24. The maximum absolute atomic E-state index is 12.5. The number of anilines is 1. The van der Waals surface area contributed by atoms with Gasteiger partial charge in [0.1, 0.15) is 5.82 Å². The lowest BCUT2D eigenvalue weighted by molar-refractivity contribution is -0.118. The standard InChI is InChI=1S/C16H16N2O/c1-12-6-5-9-14(17-12)18-15(19)16(10-11-16)13-7-3-2-4-8-13/h2-9H,10-11H2,1H3,(H,17,18,19). The number of aryl methyl sites for hydroxylation is 1. The molecule has 1 fully saturated rings. The van der Waals surface area contributed by atoms with E-state index in [0.29, 0.717) is 5.82 Å².